The van der Waals surface area contributed by atoms with Crippen molar-refractivity contribution in [2.24, 2.45) is 0 Å². The highest BCUT2D eigenvalue weighted by Gasteiger charge is 2.30. The molecule has 17 heavy (non-hydrogen) atoms. The summed E-state index contributed by atoms with van der Waals surface area (Å²) in [5.74, 6) is -0.691. The van der Waals surface area contributed by atoms with Crippen molar-refractivity contribution in [2.45, 2.75) is 30.3 Å². The maximum absolute atomic E-state index is 11.1. The van der Waals surface area contributed by atoms with Crippen molar-refractivity contribution in [3.8, 4) is 0 Å². The number of carboxylic acids is 1. The topological polar surface area (TPSA) is 40.5 Å². The molecule has 4 heteroatoms. The fraction of sp³-hybridized carbons (Fsp3) is 0.462. The van der Waals surface area contributed by atoms with Crippen LogP contribution >= 0.6 is 11.8 Å². The Kier molecular flexibility index (Phi) is 4.07. The SMILES string of the molecule is CSc1ccc(CN2CCCC2C(=O)O)cc1. The number of hydrogen-bond donors (Lipinski definition) is 1. The van der Waals surface area contributed by atoms with E-state index in [9.17, 15) is 4.79 Å². The van der Waals surface area contributed by atoms with Gasteiger partial charge in [0.1, 0.15) is 6.04 Å². The molecular weight excluding hydrogens is 234 g/mol. The number of thioether (sulfide) groups is 1. The highest BCUT2D eigenvalue weighted by molar-refractivity contribution is 7.98. The van der Waals surface area contributed by atoms with E-state index in [0.717, 1.165) is 25.9 Å². The molecule has 1 N–H and O–H groups in total. The molecule has 0 radical (unpaired) electrons. The first-order valence-electron chi connectivity index (χ1n) is 5.80. The molecule has 1 heterocycles. The summed E-state index contributed by atoms with van der Waals surface area (Å²) in [4.78, 5) is 14.4. The average molecular weight is 251 g/mol. The molecule has 1 unspecified atom stereocenters. The van der Waals surface area contributed by atoms with Crippen LogP contribution in [0.5, 0.6) is 0 Å². The van der Waals surface area contributed by atoms with Crippen LogP contribution in [-0.2, 0) is 11.3 Å². The summed E-state index contributed by atoms with van der Waals surface area (Å²) >= 11 is 1.72. The molecule has 0 aliphatic carbocycles. The molecule has 3 nitrogen and oxygen atoms in total. The summed E-state index contributed by atoms with van der Waals surface area (Å²) in [5.41, 5.74) is 1.19. The van der Waals surface area contributed by atoms with Gasteiger partial charge in [-0.1, -0.05) is 12.1 Å². The molecule has 1 saturated heterocycles. The lowest BCUT2D eigenvalue weighted by molar-refractivity contribution is -0.142. The normalized spacial score (nSPS) is 20.6. The van der Waals surface area contributed by atoms with Crippen molar-refractivity contribution in [1.29, 1.82) is 0 Å². The van der Waals surface area contributed by atoms with Crippen LogP contribution in [0.3, 0.4) is 0 Å². The first kappa shape index (κ1) is 12.5. The van der Waals surface area contributed by atoms with Crippen LogP contribution in [0, 0.1) is 0 Å². The summed E-state index contributed by atoms with van der Waals surface area (Å²) in [7, 11) is 0. The van der Waals surface area contributed by atoms with Crippen LogP contribution in [0.1, 0.15) is 18.4 Å². The van der Waals surface area contributed by atoms with Crippen LogP contribution in [-0.4, -0.2) is 34.8 Å². The first-order valence-corrected chi connectivity index (χ1v) is 7.03. The third-order valence-corrected chi connectivity index (χ3v) is 3.94. The van der Waals surface area contributed by atoms with E-state index >= 15 is 0 Å². The van der Waals surface area contributed by atoms with Crippen molar-refractivity contribution in [2.75, 3.05) is 12.8 Å². The first-order chi connectivity index (χ1) is 8.20. The van der Waals surface area contributed by atoms with Crippen molar-refractivity contribution in [3.05, 3.63) is 29.8 Å². The van der Waals surface area contributed by atoms with Gasteiger partial charge in [-0.25, -0.2) is 0 Å². The Morgan fingerprint density at radius 2 is 2.18 bits per heavy atom. The van der Waals surface area contributed by atoms with Gasteiger partial charge < -0.3 is 5.11 Å². The summed E-state index contributed by atoms with van der Waals surface area (Å²) in [5, 5.41) is 9.10. The fourth-order valence-corrected chi connectivity index (χ4v) is 2.67. The third kappa shape index (κ3) is 3.01. The average Bonchev–Trinajstić information content (AvgIpc) is 2.78. The number of nitrogens with zero attached hydrogens (tertiary/aromatic N) is 1. The number of carbonyl (C=O) groups is 1. The number of benzene rings is 1. The molecule has 0 bridgehead atoms. The number of rotatable bonds is 4. The molecule has 1 fully saturated rings. The summed E-state index contributed by atoms with van der Waals surface area (Å²) in [6.07, 6.45) is 3.81. The van der Waals surface area contributed by atoms with E-state index in [-0.39, 0.29) is 6.04 Å². The van der Waals surface area contributed by atoms with Crippen LogP contribution in [0.2, 0.25) is 0 Å². The minimum absolute atomic E-state index is 0.296. The van der Waals surface area contributed by atoms with Crippen molar-refractivity contribution >= 4 is 17.7 Å². The van der Waals surface area contributed by atoms with Gasteiger partial charge in [0.05, 0.1) is 0 Å². The minimum Gasteiger partial charge on any atom is -0.480 e. The molecule has 1 aliphatic rings. The molecule has 0 amide bonds. The molecule has 1 atom stereocenters. The molecule has 2 rings (SSSR count). The highest BCUT2D eigenvalue weighted by atomic mass is 32.2. The van der Waals surface area contributed by atoms with Crippen LogP contribution in [0.15, 0.2) is 29.2 Å². The Bertz CT molecular complexity index is 391. The second kappa shape index (κ2) is 5.56. The van der Waals surface area contributed by atoms with Gasteiger partial charge in [-0.15, -0.1) is 11.8 Å². The Morgan fingerprint density at radius 1 is 1.47 bits per heavy atom. The maximum Gasteiger partial charge on any atom is 0.320 e. The smallest absolute Gasteiger partial charge is 0.320 e. The number of carboxylic acid groups (broad SMARTS) is 1. The van der Waals surface area contributed by atoms with Gasteiger partial charge in [0.2, 0.25) is 0 Å². The summed E-state index contributed by atoms with van der Waals surface area (Å²) in [6.45, 7) is 1.63. The number of hydrogen-bond acceptors (Lipinski definition) is 3. The van der Waals surface area contributed by atoms with Crippen LogP contribution in [0.25, 0.3) is 0 Å². The Morgan fingerprint density at radius 3 is 2.76 bits per heavy atom. The number of likely N-dealkylation sites (tertiary alicyclic amines) is 1. The van der Waals surface area contributed by atoms with Crippen molar-refractivity contribution < 1.29 is 9.90 Å². The maximum atomic E-state index is 11.1. The molecule has 1 aliphatic heterocycles. The third-order valence-electron chi connectivity index (χ3n) is 3.19. The second-order valence-electron chi connectivity index (χ2n) is 4.31. The van der Waals surface area contributed by atoms with E-state index in [1.54, 1.807) is 11.8 Å². The van der Waals surface area contributed by atoms with Gasteiger partial charge >= 0.3 is 5.97 Å². The molecule has 92 valence electrons. The van der Waals surface area contributed by atoms with E-state index in [1.807, 2.05) is 0 Å². The molecule has 1 aromatic carbocycles. The van der Waals surface area contributed by atoms with E-state index in [4.69, 9.17) is 5.11 Å². The zero-order chi connectivity index (χ0) is 12.3. The predicted octanol–water partition coefficient (Wildman–Crippen LogP) is 2.46. The van der Waals surface area contributed by atoms with E-state index in [2.05, 4.69) is 35.4 Å². The van der Waals surface area contributed by atoms with E-state index in [1.165, 1.54) is 10.5 Å². The van der Waals surface area contributed by atoms with Gasteiger partial charge in [0.25, 0.3) is 0 Å². The Balaban J connectivity index is 2.02. The summed E-state index contributed by atoms with van der Waals surface area (Å²) in [6, 6.07) is 8.05. The molecule has 0 aromatic heterocycles. The highest BCUT2D eigenvalue weighted by Crippen LogP contribution is 2.21. The number of aliphatic carboxylic acids is 1. The zero-order valence-electron chi connectivity index (χ0n) is 9.93. The standard InChI is InChI=1S/C13H17NO2S/c1-17-11-6-4-10(5-7-11)9-14-8-2-3-12(14)13(15)16/h4-7,12H,2-3,8-9H2,1H3,(H,15,16). The lowest BCUT2D eigenvalue weighted by atomic mass is 10.2. The largest absolute Gasteiger partial charge is 0.480 e. The Hall–Kier alpha value is -1.00. The quantitative estimate of drug-likeness (QED) is 0.835. The molecule has 0 spiro atoms. The monoisotopic (exact) mass is 251 g/mol. The van der Waals surface area contributed by atoms with Crippen molar-refractivity contribution in [1.82, 2.24) is 4.90 Å². The molecule has 1 aromatic rings. The molecule has 0 saturated carbocycles. The Labute approximate surface area is 106 Å². The van der Waals surface area contributed by atoms with E-state index in [0.29, 0.717) is 0 Å². The lowest BCUT2D eigenvalue weighted by Crippen LogP contribution is -2.35. The predicted molar refractivity (Wildman–Crippen MR) is 69.3 cm³/mol. The minimum atomic E-state index is -0.691. The van der Waals surface area contributed by atoms with Crippen LogP contribution < -0.4 is 0 Å². The fourth-order valence-electron chi connectivity index (χ4n) is 2.26. The van der Waals surface area contributed by atoms with Gasteiger partial charge in [0, 0.05) is 11.4 Å². The van der Waals surface area contributed by atoms with Crippen molar-refractivity contribution in [3.63, 3.8) is 0 Å². The van der Waals surface area contributed by atoms with Gasteiger partial charge in [-0.3, -0.25) is 9.69 Å². The van der Waals surface area contributed by atoms with Crippen LogP contribution in [0.4, 0.5) is 0 Å². The van der Waals surface area contributed by atoms with Gasteiger partial charge in [-0.2, -0.15) is 0 Å². The zero-order valence-corrected chi connectivity index (χ0v) is 10.7. The lowest BCUT2D eigenvalue weighted by Gasteiger charge is -2.20. The second-order valence-corrected chi connectivity index (χ2v) is 5.19. The summed E-state index contributed by atoms with van der Waals surface area (Å²) < 4.78 is 0. The van der Waals surface area contributed by atoms with Gasteiger partial charge in [0.15, 0.2) is 0 Å². The van der Waals surface area contributed by atoms with Gasteiger partial charge in [-0.05, 0) is 43.3 Å². The molecular formula is C13H17NO2S. The van der Waals surface area contributed by atoms with E-state index < -0.39 is 5.97 Å².